The molecule has 9 heteroatoms. The highest BCUT2D eigenvalue weighted by Gasteiger charge is 2.25. The third-order valence-corrected chi connectivity index (χ3v) is 4.75. The van der Waals surface area contributed by atoms with E-state index < -0.39 is 25.7 Å². The van der Waals surface area contributed by atoms with E-state index in [1.54, 1.807) is 25.1 Å². The Morgan fingerprint density at radius 3 is 2.68 bits per heavy atom. The molecular weight excluding hydrogens is 330 g/mol. The van der Waals surface area contributed by atoms with Crippen LogP contribution in [0, 0.1) is 17.0 Å². The van der Waals surface area contributed by atoms with Gasteiger partial charge in [-0.3, -0.25) is 15.1 Å². The molecular formula is C13H12ClN3O4S. The van der Waals surface area contributed by atoms with Crippen molar-refractivity contribution in [2.75, 3.05) is 0 Å². The summed E-state index contributed by atoms with van der Waals surface area (Å²) in [5.41, 5.74) is 0.499. The molecule has 0 atom stereocenters. The van der Waals surface area contributed by atoms with Crippen molar-refractivity contribution in [3.8, 4) is 0 Å². The maximum atomic E-state index is 12.3. The highest BCUT2D eigenvalue weighted by molar-refractivity contribution is 7.89. The molecule has 1 aromatic heterocycles. The number of halogens is 1. The minimum absolute atomic E-state index is 0.0404. The van der Waals surface area contributed by atoms with E-state index >= 15 is 0 Å². The number of nitro benzene ring substituents is 1. The zero-order valence-corrected chi connectivity index (χ0v) is 13.1. The Kier molecular flexibility index (Phi) is 4.74. The average Bonchev–Trinajstić information content (AvgIpc) is 2.48. The van der Waals surface area contributed by atoms with E-state index in [-0.39, 0.29) is 11.4 Å². The first-order valence-electron chi connectivity index (χ1n) is 6.15. The lowest BCUT2D eigenvalue weighted by Crippen LogP contribution is -2.24. The lowest BCUT2D eigenvalue weighted by molar-refractivity contribution is -0.385. The van der Waals surface area contributed by atoms with Gasteiger partial charge in [0, 0.05) is 12.3 Å². The quantitative estimate of drug-likeness (QED) is 0.664. The molecule has 1 aromatic carbocycles. The topological polar surface area (TPSA) is 102 Å². The molecule has 7 nitrogen and oxygen atoms in total. The van der Waals surface area contributed by atoms with Gasteiger partial charge in [0.25, 0.3) is 5.69 Å². The molecule has 0 fully saturated rings. The Hall–Kier alpha value is -2.03. The van der Waals surface area contributed by atoms with Gasteiger partial charge in [-0.2, -0.15) is 0 Å². The summed E-state index contributed by atoms with van der Waals surface area (Å²) >= 11 is 5.87. The number of nitro groups is 1. The van der Waals surface area contributed by atoms with E-state index in [2.05, 4.69) is 9.71 Å². The second kappa shape index (κ2) is 6.39. The number of aryl methyl sites for hydroxylation is 1. The van der Waals surface area contributed by atoms with Crippen LogP contribution in [0.5, 0.6) is 0 Å². The predicted octanol–water partition coefficient (Wildman–Crippen LogP) is 2.43. The molecule has 22 heavy (non-hydrogen) atoms. The first-order valence-corrected chi connectivity index (χ1v) is 8.01. The predicted molar refractivity (Wildman–Crippen MR) is 81.1 cm³/mol. The average molecular weight is 342 g/mol. The van der Waals surface area contributed by atoms with Gasteiger partial charge in [0.1, 0.15) is 9.92 Å². The van der Waals surface area contributed by atoms with Gasteiger partial charge in [-0.15, -0.1) is 0 Å². The molecule has 0 radical (unpaired) electrons. The van der Waals surface area contributed by atoms with Crippen LogP contribution < -0.4 is 4.72 Å². The van der Waals surface area contributed by atoms with Crippen molar-refractivity contribution in [1.82, 2.24) is 9.71 Å². The number of benzene rings is 1. The van der Waals surface area contributed by atoms with Crippen molar-refractivity contribution in [3.05, 3.63) is 62.9 Å². The second-order valence-corrected chi connectivity index (χ2v) is 6.61. The van der Waals surface area contributed by atoms with Gasteiger partial charge in [-0.25, -0.2) is 13.1 Å². The molecule has 0 aliphatic carbocycles. The van der Waals surface area contributed by atoms with E-state index in [1.807, 2.05) is 0 Å². The largest absolute Gasteiger partial charge is 0.289 e. The molecule has 0 saturated carbocycles. The Labute approximate surface area is 132 Å². The second-order valence-electron chi connectivity index (χ2n) is 4.50. The third-order valence-electron chi connectivity index (χ3n) is 2.82. The smallest absolute Gasteiger partial charge is 0.260 e. The van der Waals surface area contributed by atoms with Crippen molar-refractivity contribution >= 4 is 27.3 Å². The number of rotatable bonds is 5. The summed E-state index contributed by atoms with van der Waals surface area (Å²) in [5, 5.41) is 10.5. The summed E-state index contributed by atoms with van der Waals surface area (Å²) in [6.45, 7) is 1.52. The number of hydrogen-bond acceptors (Lipinski definition) is 5. The standard InChI is InChI=1S/C13H12ClN3O4S/c1-9-6-11(17(18)19)13(14)12(7-9)22(20,21)16-8-10-4-2-3-5-15-10/h2-7,16H,8H2,1H3. The van der Waals surface area contributed by atoms with Gasteiger partial charge >= 0.3 is 0 Å². The fraction of sp³-hybridized carbons (Fsp3) is 0.154. The van der Waals surface area contributed by atoms with E-state index in [9.17, 15) is 18.5 Å². The van der Waals surface area contributed by atoms with Crippen LogP contribution >= 0.6 is 11.6 Å². The monoisotopic (exact) mass is 341 g/mol. The van der Waals surface area contributed by atoms with Gasteiger partial charge in [-0.1, -0.05) is 17.7 Å². The van der Waals surface area contributed by atoms with E-state index in [0.717, 1.165) is 0 Å². The van der Waals surface area contributed by atoms with Gasteiger partial charge in [0.15, 0.2) is 0 Å². The number of nitrogens with one attached hydrogen (secondary N) is 1. The van der Waals surface area contributed by atoms with Crippen LogP contribution in [0.25, 0.3) is 0 Å². The minimum Gasteiger partial charge on any atom is -0.260 e. The van der Waals surface area contributed by atoms with E-state index in [4.69, 9.17) is 11.6 Å². The Morgan fingerprint density at radius 2 is 2.09 bits per heavy atom. The van der Waals surface area contributed by atoms with Crippen LogP contribution in [-0.2, 0) is 16.6 Å². The molecule has 0 unspecified atom stereocenters. The molecule has 0 spiro atoms. The number of aromatic nitrogens is 1. The zero-order valence-electron chi connectivity index (χ0n) is 11.5. The van der Waals surface area contributed by atoms with Crippen molar-refractivity contribution < 1.29 is 13.3 Å². The molecule has 0 bridgehead atoms. The molecule has 0 aliphatic rings. The fourth-order valence-electron chi connectivity index (χ4n) is 1.79. The first kappa shape index (κ1) is 16.3. The highest BCUT2D eigenvalue weighted by Crippen LogP contribution is 2.32. The zero-order chi connectivity index (χ0) is 16.3. The van der Waals surface area contributed by atoms with Gasteiger partial charge in [-0.05, 0) is 30.7 Å². The molecule has 0 aliphatic heterocycles. The molecule has 2 rings (SSSR count). The third kappa shape index (κ3) is 3.59. The van der Waals surface area contributed by atoms with Gasteiger partial charge in [0.2, 0.25) is 10.0 Å². The summed E-state index contributed by atoms with van der Waals surface area (Å²) in [5.74, 6) is 0. The summed E-state index contributed by atoms with van der Waals surface area (Å²) in [4.78, 5) is 13.9. The highest BCUT2D eigenvalue weighted by atomic mass is 35.5. The van der Waals surface area contributed by atoms with Crippen LogP contribution in [0.3, 0.4) is 0 Å². The van der Waals surface area contributed by atoms with Crippen LogP contribution in [0.4, 0.5) is 5.69 Å². The lowest BCUT2D eigenvalue weighted by Gasteiger charge is -2.09. The Bertz CT molecular complexity index is 810. The van der Waals surface area contributed by atoms with Crippen LogP contribution in [0.15, 0.2) is 41.4 Å². The van der Waals surface area contributed by atoms with E-state index in [1.165, 1.54) is 18.3 Å². The van der Waals surface area contributed by atoms with Crippen LogP contribution in [0.2, 0.25) is 5.02 Å². The Morgan fingerprint density at radius 1 is 1.36 bits per heavy atom. The number of hydrogen-bond donors (Lipinski definition) is 1. The van der Waals surface area contributed by atoms with Crippen molar-refractivity contribution in [2.45, 2.75) is 18.4 Å². The number of pyridine rings is 1. The fourth-order valence-corrected chi connectivity index (χ4v) is 3.45. The summed E-state index contributed by atoms with van der Waals surface area (Å²) < 4.78 is 26.9. The normalized spacial score (nSPS) is 11.4. The molecule has 1 N–H and O–H groups in total. The first-order chi connectivity index (χ1) is 10.3. The summed E-state index contributed by atoms with van der Waals surface area (Å²) in [6.07, 6.45) is 1.54. The van der Waals surface area contributed by atoms with Crippen molar-refractivity contribution in [3.63, 3.8) is 0 Å². The maximum Gasteiger partial charge on any atom is 0.289 e. The molecule has 2 aromatic rings. The van der Waals surface area contributed by atoms with Crippen LogP contribution in [-0.4, -0.2) is 18.3 Å². The minimum atomic E-state index is -3.99. The molecule has 0 saturated heterocycles. The lowest BCUT2D eigenvalue weighted by atomic mass is 10.2. The summed E-state index contributed by atoms with van der Waals surface area (Å²) in [7, 11) is -3.99. The van der Waals surface area contributed by atoms with Crippen molar-refractivity contribution in [1.29, 1.82) is 0 Å². The number of nitrogens with zero attached hydrogens (tertiary/aromatic N) is 2. The SMILES string of the molecule is Cc1cc([N+](=O)[O-])c(Cl)c(S(=O)(=O)NCc2ccccn2)c1. The van der Waals surface area contributed by atoms with Crippen molar-refractivity contribution in [2.24, 2.45) is 0 Å². The molecule has 116 valence electrons. The van der Waals surface area contributed by atoms with Crippen LogP contribution in [0.1, 0.15) is 11.3 Å². The molecule has 1 heterocycles. The van der Waals surface area contributed by atoms with Gasteiger partial charge in [0.05, 0.1) is 17.2 Å². The Balaban J connectivity index is 2.35. The maximum absolute atomic E-state index is 12.3. The van der Waals surface area contributed by atoms with Gasteiger partial charge < -0.3 is 0 Å². The van der Waals surface area contributed by atoms with E-state index in [0.29, 0.717) is 11.3 Å². The summed E-state index contributed by atoms with van der Waals surface area (Å²) in [6, 6.07) is 7.60. The molecule has 0 amide bonds. The number of sulfonamides is 1.